The molecule has 1 fully saturated rings. The fraction of sp³-hybridized carbons (Fsp3) is 0.412. The number of rotatable bonds is 4. The molecule has 1 N–H and O–H groups in total. The molecule has 1 aromatic carbocycles. The quantitative estimate of drug-likeness (QED) is 0.877. The molecular formula is C17H20ClF2N5O. The van der Waals surface area contributed by atoms with E-state index < -0.39 is 6.55 Å². The number of carbonyl (C=O) groups excluding carboxylic acids is 1. The first-order valence-electron chi connectivity index (χ1n) is 8.28. The first-order chi connectivity index (χ1) is 12.4. The molecule has 0 unspecified atom stereocenters. The highest BCUT2D eigenvalue weighted by Crippen LogP contribution is 2.20. The third-order valence-corrected chi connectivity index (χ3v) is 4.81. The van der Waals surface area contributed by atoms with Crippen molar-refractivity contribution in [3.8, 4) is 0 Å². The minimum Gasteiger partial charge on any atom is -0.322 e. The van der Waals surface area contributed by atoms with E-state index in [9.17, 15) is 13.6 Å². The van der Waals surface area contributed by atoms with Crippen LogP contribution in [0.4, 0.5) is 19.3 Å². The molecule has 3 rings (SSSR count). The van der Waals surface area contributed by atoms with Crippen molar-refractivity contribution in [1.29, 1.82) is 0 Å². The Labute approximate surface area is 155 Å². The van der Waals surface area contributed by atoms with Crippen molar-refractivity contribution in [1.82, 2.24) is 19.4 Å². The maximum absolute atomic E-state index is 12.9. The summed E-state index contributed by atoms with van der Waals surface area (Å²) in [4.78, 5) is 20.1. The van der Waals surface area contributed by atoms with Crippen LogP contribution in [0.25, 0.3) is 0 Å². The van der Waals surface area contributed by atoms with Gasteiger partial charge in [0.25, 0.3) is 0 Å². The van der Waals surface area contributed by atoms with Gasteiger partial charge in [-0.1, -0.05) is 17.7 Å². The van der Waals surface area contributed by atoms with E-state index in [-0.39, 0.29) is 6.03 Å². The normalized spacial score (nSPS) is 15.5. The van der Waals surface area contributed by atoms with Gasteiger partial charge >= 0.3 is 12.6 Å². The number of anilines is 1. The molecule has 6 nitrogen and oxygen atoms in total. The Morgan fingerprint density at radius 1 is 1.31 bits per heavy atom. The largest absolute Gasteiger partial charge is 0.322 e. The summed E-state index contributed by atoms with van der Waals surface area (Å²) >= 11 is 6.07. The Morgan fingerprint density at radius 3 is 2.69 bits per heavy atom. The minimum absolute atomic E-state index is 0.196. The molecule has 0 aliphatic carbocycles. The zero-order valence-corrected chi connectivity index (χ0v) is 15.1. The van der Waals surface area contributed by atoms with Crippen LogP contribution in [0.3, 0.4) is 0 Å². The van der Waals surface area contributed by atoms with Crippen LogP contribution in [0.5, 0.6) is 0 Å². The number of aromatic nitrogens is 2. The van der Waals surface area contributed by atoms with Crippen molar-refractivity contribution in [3.05, 3.63) is 47.0 Å². The molecule has 2 heterocycles. The van der Waals surface area contributed by atoms with Gasteiger partial charge in [0.05, 0.1) is 6.54 Å². The van der Waals surface area contributed by atoms with Crippen molar-refractivity contribution < 1.29 is 13.6 Å². The number of amides is 2. The number of nitrogens with one attached hydrogen (secondary N) is 1. The van der Waals surface area contributed by atoms with Crippen molar-refractivity contribution in [2.45, 2.75) is 20.0 Å². The molecule has 0 atom stereocenters. The average molecular weight is 384 g/mol. The molecule has 9 heteroatoms. The van der Waals surface area contributed by atoms with Gasteiger partial charge in [0.2, 0.25) is 0 Å². The Kier molecular flexibility index (Phi) is 5.73. The first-order valence-corrected chi connectivity index (χ1v) is 8.66. The number of halogens is 3. The number of hydrogen-bond donors (Lipinski definition) is 1. The second kappa shape index (κ2) is 8.01. The van der Waals surface area contributed by atoms with Crippen molar-refractivity contribution in [3.63, 3.8) is 0 Å². The summed E-state index contributed by atoms with van der Waals surface area (Å²) in [5.74, 6) is 0.326. The molecule has 1 aliphatic heterocycles. The van der Waals surface area contributed by atoms with Crippen molar-refractivity contribution >= 4 is 23.3 Å². The van der Waals surface area contributed by atoms with Crippen LogP contribution in [0.2, 0.25) is 5.02 Å². The molecule has 1 aromatic heterocycles. The summed E-state index contributed by atoms with van der Waals surface area (Å²) in [6, 6.07) is 5.18. The fourth-order valence-electron chi connectivity index (χ4n) is 2.83. The van der Waals surface area contributed by atoms with Crippen LogP contribution in [0, 0.1) is 6.92 Å². The third-order valence-electron chi connectivity index (χ3n) is 4.41. The lowest BCUT2D eigenvalue weighted by Crippen LogP contribution is -2.49. The van der Waals surface area contributed by atoms with Gasteiger partial charge in [-0.3, -0.25) is 9.47 Å². The van der Waals surface area contributed by atoms with Gasteiger partial charge in [-0.15, -0.1) is 0 Å². The fourth-order valence-corrected chi connectivity index (χ4v) is 3.01. The zero-order valence-electron chi connectivity index (χ0n) is 14.3. The molecule has 1 aliphatic rings. The number of urea groups is 1. The maximum Gasteiger partial charge on any atom is 0.321 e. The summed E-state index contributed by atoms with van der Waals surface area (Å²) in [6.07, 6.45) is 2.65. The van der Waals surface area contributed by atoms with Crippen LogP contribution in [-0.2, 0) is 6.54 Å². The number of piperazine rings is 1. The Hall–Kier alpha value is -2.19. The smallest absolute Gasteiger partial charge is 0.321 e. The van der Waals surface area contributed by atoms with Gasteiger partial charge in [-0.05, 0) is 24.6 Å². The van der Waals surface area contributed by atoms with E-state index in [4.69, 9.17) is 11.6 Å². The molecule has 140 valence electrons. The number of imidazole rings is 1. The lowest BCUT2D eigenvalue weighted by molar-refractivity contribution is 0.0620. The second-order valence-electron chi connectivity index (χ2n) is 6.19. The molecule has 0 radical (unpaired) electrons. The molecular weight excluding hydrogens is 364 g/mol. The topological polar surface area (TPSA) is 53.4 Å². The number of nitrogens with zero attached hydrogens (tertiary/aromatic N) is 4. The minimum atomic E-state index is -2.60. The Balaban J connectivity index is 1.52. The predicted molar refractivity (Wildman–Crippen MR) is 95.5 cm³/mol. The highest BCUT2D eigenvalue weighted by molar-refractivity contribution is 6.31. The Morgan fingerprint density at radius 2 is 2.04 bits per heavy atom. The lowest BCUT2D eigenvalue weighted by Gasteiger charge is -2.34. The van der Waals surface area contributed by atoms with Crippen LogP contribution < -0.4 is 5.32 Å². The van der Waals surface area contributed by atoms with E-state index in [0.717, 1.165) is 10.1 Å². The van der Waals surface area contributed by atoms with Gasteiger partial charge in [0.1, 0.15) is 5.82 Å². The summed E-state index contributed by atoms with van der Waals surface area (Å²) < 4.78 is 26.6. The van der Waals surface area contributed by atoms with E-state index in [2.05, 4.69) is 10.3 Å². The zero-order chi connectivity index (χ0) is 18.7. The van der Waals surface area contributed by atoms with Crippen LogP contribution in [-0.4, -0.2) is 51.6 Å². The van der Waals surface area contributed by atoms with E-state index in [1.54, 1.807) is 17.0 Å². The SMILES string of the molecule is Cc1ccc(NC(=O)N2CCN(Cc3nccn3C(F)F)CC2)cc1Cl. The van der Waals surface area contributed by atoms with Gasteiger partial charge in [-0.25, -0.2) is 9.78 Å². The van der Waals surface area contributed by atoms with Gasteiger partial charge < -0.3 is 10.2 Å². The summed E-state index contributed by atoms with van der Waals surface area (Å²) in [5, 5.41) is 3.43. The molecule has 2 amide bonds. The van der Waals surface area contributed by atoms with E-state index in [1.165, 1.54) is 12.4 Å². The van der Waals surface area contributed by atoms with Crippen molar-refractivity contribution in [2.24, 2.45) is 0 Å². The van der Waals surface area contributed by atoms with E-state index in [1.807, 2.05) is 17.9 Å². The number of benzene rings is 1. The average Bonchev–Trinajstić information content (AvgIpc) is 3.07. The van der Waals surface area contributed by atoms with Gasteiger partial charge in [0.15, 0.2) is 0 Å². The van der Waals surface area contributed by atoms with Crippen LogP contribution in [0.15, 0.2) is 30.6 Å². The number of alkyl halides is 2. The second-order valence-corrected chi connectivity index (χ2v) is 6.59. The van der Waals surface area contributed by atoms with Gasteiger partial charge in [0, 0.05) is 49.3 Å². The molecule has 1 saturated heterocycles. The number of aryl methyl sites for hydroxylation is 1. The Bertz CT molecular complexity index is 774. The summed E-state index contributed by atoms with van der Waals surface area (Å²) in [7, 11) is 0. The summed E-state index contributed by atoms with van der Waals surface area (Å²) in [6.45, 7) is 1.85. The lowest BCUT2D eigenvalue weighted by atomic mass is 10.2. The third kappa shape index (κ3) is 4.31. The first kappa shape index (κ1) is 18.6. The monoisotopic (exact) mass is 383 g/mol. The number of hydrogen-bond acceptors (Lipinski definition) is 3. The molecule has 26 heavy (non-hydrogen) atoms. The predicted octanol–water partition coefficient (Wildman–Crippen LogP) is 3.59. The molecule has 0 bridgehead atoms. The van der Waals surface area contributed by atoms with E-state index >= 15 is 0 Å². The standard InChI is InChI=1S/C17H20ClF2N5O/c1-12-2-3-13(10-14(12)18)22-17(26)24-8-6-23(7-9-24)11-15-21-4-5-25(15)16(19)20/h2-5,10,16H,6-9,11H2,1H3,(H,22,26). The highest BCUT2D eigenvalue weighted by atomic mass is 35.5. The molecule has 2 aromatic rings. The highest BCUT2D eigenvalue weighted by Gasteiger charge is 2.23. The van der Waals surface area contributed by atoms with Gasteiger partial charge in [-0.2, -0.15) is 8.78 Å². The van der Waals surface area contributed by atoms with Crippen molar-refractivity contribution in [2.75, 3.05) is 31.5 Å². The van der Waals surface area contributed by atoms with Crippen LogP contribution in [0.1, 0.15) is 17.9 Å². The van der Waals surface area contributed by atoms with E-state index in [0.29, 0.717) is 49.3 Å². The molecule has 0 saturated carbocycles. The number of carbonyl (C=O) groups is 1. The molecule has 0 spiro atoms. The summed E-state index contributed by atoms with van der Waals surface area (Å²) in [5.41, 5.74) is 1.59. The van der Waals surface area contributed by atoms with Crippen LogP contribution >= 0.6 is 11.6 Å². The maximum atomic E-state index is 12.9.